The van der Waals surface area contributed by atoms with Gasteiger partial charge < -0.3 is 10.1 Å². The third-order valence-corrected chi connectivity index (χ3v) is 3.98. The number of esters is 1. The summed E-state index contributed by atoms with van der Waals surface area (Å²) in [5.74, 6) is -0.131. The number of nitrogens with one attached hydrogen (secondary N) is 1. The van der Waals surface area contributed by atoms with Gasteiger partial charge >= 0.3 is 5.97 Å². The SMILES string of the molecule is CCOC(=O)C(c1cc(C)ccc1C)N1CCCNCC1. The van der Waals surface area contributed by atoms with E-state index in [2.05, 4.69) is 42.3 Å². The highest BCUT2D eigenvalue weighted by Crippen LogP contribution is 2.27. The number of ether oxygens (including phenoxy) is 1. The van der Waals surface area contributed by atoms with Crippen molar-refractivity contribution in [1.82, 2.24) is 10.2 Å². The largest absolute Gasteiger partial charge is 0.465 e. The lowest BCUT2D eigenvalue weighted by Gasteiger charge is -2.30. The Labute approximate surface area is 127 Å². The minimum Gasteiger partial charge on any atom is -0.465 e. The summed E-state index contributed by atoms with van der Waals surface area (Å²) in [5.41, 5.74) is 3.41. The van der Waals surface area contributed by atoms with Gasteiger partial charge in [0.1, 0.15) is 6.04 Å². The fraction of sp³-hybridized carbons (Fsp3) is 0.588. The van der Waals surface area contributed by atoms with Gasteiger partial charge in [0.15, 0.2) is 0 Å². The number of aryl methyl sites for hydroxylation is 2. The zero-order valence-electron chi connectivity index (χ0n) is 13.3. The molecule has 1 aromatic carbocycles. The number of rotatable bonds is 4. The van der Waals surface area contributed by atoms with E-state index in [0.29, 0.717) is 6.61 Å². The van der Waals surface area contributed by atoms with Gasteiger partial charge in [-0.15, -0.1) is 0 Å². The summed E-state index contributed by atoms with van der Waals surface area (Å²) in [5, 5.41) is 3.39. The van der Waals surface area contributed by atoms with Crippen LogP contribution >= 0.6 is 0 Å². The molecule has 0 aliphatic carbocycles. The summed E-state index contributed by atoms with van der Waals surface area (Å²) in [6.07, 6.45) is 1.06. The lowest BCUT2D eigenvalue weighted by atomic mass is 9.97. The zero-order chi connectivity index (χ0) is 15.2. The molecule has 0 aromatic heterocycles. The van der Waals surface area contributed by atoms with Crippen LogP contribution in [0, 0.1) is 13.8 Å². The van der Waals surface area contributed by atoms with Crippen LogP contribution in [0.25, 0.3) is 0 Å². The molecule has 4 nitrogen and oxygen atoms in total. The fourth-order valence-corrected chi connectivity index (χ4v) is 2.87. The molecule has 0 saturated carbocycles. The second-order valence-electron chi connectivity index (χ2n) is 5.65. The normalized spacial score (nSPS) is 18.0. The van der Waals surface area contributed by atoms with Crippen LogP contribution in [-0.2, 0) is 9.53 Å². The standard InChI is InChI=1S/C17H26N2O2/c1-4-21-17(20)16(19-10-5-8-18-9-11-19)15-12-13(2)6-7-14(15)3/h6-7,12,16,18H,4-5,8-11H2,1-3H3. The van der Waals surface area contributed by atoms with Crippen LogP contribution in [0.1, 0.15) is 36.1 Å². The van der Waals surface area contributed by atoms with Gasteiger partial charge in [-0.25, -0.2) is 4.79 Å². The van der Waals surface area contributed by atoms with E-state index in [-0.39, 0.29) is 12.0 Å². The maximum absolute atomic E-state index is 12.5. The van der Waals surface area contributed by atoms with Crippen LogP contribution in [0.3, 0.4) is 0 Å². The van der Waals surface area contributed by atoms with Crippen LogP contribution in [-0.4, -0.2) is 43.7 Å². The lowest BCUT2D eigenvalue weighted by Crippen LogP contribution is -2.38. The molecule has 0 radical (unpaired) electrons. The Bertz CT molecular complexity index is 480. The Morgan fingerprint density at radius 1 is 1.33 bits per heavy atom. The van der Waals surface area contributed by atoms with Gasteiger partial charge in [-0.1, -0.05) is 23.8 Å². The summed E-state index contributed by atoms with van der Waals surface area (Å²) >= 11 is 0. The predicted molar refractivity (Wildman–Crippen MR) is 84.3 cm³/mol. The molecule has 4 heteroatoms. The van der Waals surface area contributed by atoms with E-state index in [1.807, 2.05) is 6.92 Å². The molecule has 1 aliphatic rings. The first kappa shape index (κ1) is 16.0. The van der Waals surface area contributed by atoms with Crippen molar-refractivity contribution in [3.8, 4) is 0 Å². The highest BCUT2D eigenvalue weighted by atomic mass is 16.5. The Morgan fingerprint density at radius 2 is 2.14 bits per heavy atom. The van der Waals surface area contributed by atoms with Gasteiger partial charge in [-0.2, -0.15) is 0 Å². The number of carbonyl (C=O) groups excluding carboxylic acids is 1. The van der Waals surface area contributed by atoms with E-state index in [1.165, 1.54) is 5.56 Å². The molecule has 1 atom stereocenters. The highest BCUT2D eigenvalue weighted by Gasteiger charge is 2.30. The number of nitrogens with zero attached hydrogens (tertiary/aromatic N) is 1. The van der Waals surface area contributed by atoms with E-state index >= 15 is 0 Å². The average Bonchev–Trinajstić information content (AvgIpc) is 2.72. The summed E-state index contributed by atoms with van der Waals surface area (Å²) in [6, 6.07) is 6.01. The summed E-state index contributed by atoms with van der Waals surface area (Å²) in [6.45, 7) is 10.1. The second kappa shape index (κ2) is 7.57. The van der Waals surface area contributed by atoms with Crippen LogP contribution in [0.5, 0.6) is 0 Å². The van der Waals surface area contributed by atoms with Crippen LogP contribution in [0.4, 0.5) is 0 Å². The van der Waals surface area contributed by atoms with E-state index in [0.717, 1.165) is 43.7 Å². The molecule has 0 amide bonds. The minimum atomic E-state index is -0.287. The molecule has 1 heterocycles. The number of benzene rings is 1. The molecule has 0 spiro atoms. The van der Waals surface area contributed by atoms with Crippen LogP contribution in [0.2, 0.25) is 0 Å². The molecule has 0 bridgehead atoms. The maximum Gasteiger partial charge on any atom is 0.328 e. The van der Waals surface area contributed by atoms with E-state index in [4.69, 9.17) is 4.74 Å². The first-order chi connectivity index (χ1) is 10.1. The molecule has 1 fully saturated rings. The molecule has 21 heavy (non-hydrogen) atoms. The first-order valence-corrected chi connectivity index (χ1v) is 7.82. The monoisotopic (exact) mass is 290 g/mol. The molecule has 1 aliphatic heterocycles. The van der Waals surface area contributed by atoms with Crippen molar-refractivity contribution >= 4 is 5.97 Å². The Kier molecular flexibility index (Phi) is 5.76. The average molecular weight is 290 g/mol. The van der Waals surface area contributed by atoms with Crippen LogP contribution in [0.15, 0.2) is 18.2 Å². The molecular weight excluding hydrogens is 264 g/mol. The molecule has 1 aromatic rings. The molecule has 1 unspecified atom stereocenters. The molecule has 2 rings (SSSR count). The maximum atomic E-state index is 12.5. The Balaban J connectivity index is 2.34. The minimum absolute atomic E-state index is 0.131. The quantitative estimate of drug-likeness (QED) is 0.863. The molecule has 1 N–H and O–H groups in total. The van der Waals surface area contributed by atoms with Gasteiger partial charge in [-0.05, 0) is 44.9 Å². The van der Waals surface area contributed by atoms with Crippen LogP contribution < -0.4 is 5.32 Å². The van der Waals surface area contributed by atoms with Crippen molar-refractivity contribution in [3.05, 3.63) is 34.9 Å². The smallest absolute Gasteiger partial charge is 0.328 e. The van der Waals surface area contributed by atoms with E-state index in [9.17, 15) is 4.79 Å². The Hall–Kier alpha value is -1.39. The van der Waals surface area contributed by atoms with Gasteiger partial charge in [0, 0.05) is 19.6 Å². The van der Waals surface area contributed by atoms with Crippen molar-refractivity contribution in [1.29, 1.82) is 0 Å². The van der Waals surface area contributed by atoms with Crippen molar-refractivity contribution in [2.45, 2.75) is 33.2 Å². The Morgan fingerprint density at radius 3 is 2.90 bits per heavy atom. The van der Waals surface area contributed by atoms with E-state index < -0.39 is 0 Å². The topological polar surface area (TPSA) is 41.6 Å². The summed E-state index contributed by atoms with van der Waals surface area (Å²) < 4.78 is 5.35. The third kappa shape index (κ3) is 4.05. The molecular formula is C17H26N2O2. The van der Waals surface area contributed by atoms with Crippen molar-refractivity contribution in [2.75, 3.05) is 32.8 Å². The second-order valence-corrected chi connectivity index (χ2v) is 5.65. The first-order valence-electron chi connectivity index (χ1n) is 7.82. The summed E-state index contributed by atoms with van der Waals surface area (Å²) in [4.78, 5) is 14.8. The van der Waals surface area contributed by atoms with Crippen molar-refractivity contribution in [3.63, 3.8) is 0 Å². The fourth-order valence-electron chi connectivity index (χ4n) is 2.87. The highest BCUT2D eigenvalue weighted by molar-refractivity contribution is 5.78. The number of hydrogen-bond acceptors (Lipinski definition) is 4. The molecule has 1 saturated heterocycles. The lowest BCUT2D eigenvalue weighted by molar-refractivity contribution is -0.149. The van der Waals surface area contributed by atoms with Crippen molar-refractivity contribution in [2.24, 2.45) is 0 Å². The van der Waals surface area contributed by atoms with E-state index in [1.54, 1.807) is 0 Å². The third-order valence-electron chi connectivity index (χ3n) is 3.98. The van der Waals surface area contributed by atoms with Gasteiger partial charge in [0.25, 0.3) is 0 Å². The molecule has 116 valence electrons. The predicted octanol–water partition coefficient (Wildman–Crippen LogP) is 2.20. The van der Waals surface area contributed by atoms with Gasteiger partial charge in [-0.3, -0.25) is 4.90 Å². The van der Waals surface area contributed by atoms with Gasteiger partial charge in [0.2, 0.25) is 0 Å². The number of carbonyl (C=O) groups is 1. The summed E-state index contributed by atoms with van der Waals surface area (Å²) in [7, 11) is 0. The zero-order valence-corrected chi connectivity index (χ0v) is 13.3. The number of hydrogen-bond donors (Lipinski definition) is 1. The van der Waals surface area contributed by atoms with Gasteiger partial charge in [0.05, 0.1) is 6.61 Å². The van der Waals surface area contributed by atoms with Crippen molar-refractivity contribution < 1.29 is 9.53 Å².